The molecule has 2 N–H and O–H groups in total. The van der Waals surface area contributed by atoms with Crippen LogP contribution in [0.3, 0.4) is 0 Å². The smallest absolute Gasteiger partial charge is 0.237 e. The van der Waals surface area contributed by atoms with E-state index in [2.05, 4.69) is 46.2 Å². The number of benzene rings is 2. The van der Waals surface area contributed by atoms with E-state index < -0.39 is 0 Å². The van der Waals surface area contributed by atoms with Gasteiger partial charge in [0.25, 0.3) is 0 Å². The molecule has 1 fully saturated rings. The van der Waals surface area contributed by atoms with Gasteiger partial charge in [0.1, 0.15) is 0 Å². The first-order valence-corrected chi connectivity index (χ1v) is 9.56. The quantitative estimate of drug-likeness (QED) is 0.681. The Labute approximate surface area is 168 Å². The molecule has 1 amide bonds. The summed E-state index contributed by atoms with van der Waals surface area (Å²) in [6, 6.07) is 21.1. The molecule has 0 spiro atoms. The standard InChI is InChI=1S/C22H29N3O.ClH/c23-14-16-24(15-13-19-7-3-1-4-8-19)18-22(26)25(21-11-12-21)17-20-9-5-2-6-10-20;/h1-10,21H,11-18,23H2;1H. The molecule has 0 atom stereocenters. The minimum absolute atomic E-state index is 0. The van der Waals surface area contributed by atoms with Gasteiger partial charge < -0.3 is 10.6 Å². The lowest BCUT2D eigenvalue weighted by Crippen LogP contribution is -2.43. The molecule has 0 unspecified atom stereocenters. The minimum atomic E-state index is 0. The monoisotopic (exact) mass is 387 g/mol. The second-order valence-electron chi connectivity index (χ2n) is 7.04. The molecule has 0 radical (unpaired) electrons. The molecule has 4 nitrogen and oxygen atoms in total. The largest absolute Gasteiger partial charge is 0.334 e. The van der Waals surface area contributed by atoms with Crippen molar-refractivity contribution in [3.05, 3.63) is 71.8 Å². The maximum Gasteiger partial charge on any atom is 0.237 e. The van der Waals surface area contributed by atoms with Crippen molar-refractivity contribution < 1.29 is 4.79 Å². The van der Waals surface area contributed by atoms with Gasteiger partial charge in [-0.2, -0.15) is 0 Å². The molecule has 0 aromatic heterocycles. The van der Waals surface area contributed by atoms with Crippen LogP contribution in [0, 0.1) is 0 Å². The van der Waals surface area contributed by atoms with E-state index in [4.69, 9.17) is 5.73 Å². The zero-order valence-corrected chi connectivity index (χ0v) is 16.6. The van der Waals surface area contributed by atoms with Gasteiger partial charge in [-0.3, -0.25) is 9.69 Å². The molecule has 3 rings (SSSR count). The third-order valence-electron chi connectivity index (χ3n) is 4.87. The first-order valence-electron chi connectivity index (χ1n) is 9.56. The minimum Gasteiger partial charge on any atom is -0.334 e. The first kappa shape index (κ1) is 21.4. The van der Waals surface area contributed by atoms with Crippen LogP contribution < -0.4 is 5.73 Å². The van der Waals surface area contributed by atoms with Crippen LogP contribution in [0.5, 0.6) is 0 Å². The number of hydrogen-bond acceptors (Lipinski definition) is 3. The summed E-state index contributed by atoms with van der Waals surface area (Å²) >= 11 is 0. The number of carbonyl (C=O) groups excluding carboxylic acids is 1. The Kier molecular flexibility index (Phi) is 8.79. The lowest BCUT2D eigenvalue weighted by atomic mass is 10.1. The van der Waals surface area contributed by atoms with Crippen LogP contribution in [-0.2, 0) is 17.8 Å². The highest BCUT2D eigenvalue weighted by molar-refractivity contribution is 5.85. The molecule has 0 saturated heterocycles. The molecule has 0 heterocycles. The number of carbonyl (C=O) groups is 1. The molecule has 0 aliphatic heterocycles. The summed E-state index contributed by atoms with van der Waals surface area (Å²) in [5, 5.41) is 0. The average Bonchev–Trinajstić information content (AvgIpc) is 3.51. The number of amides is 1. The van der Waals surface area contributed by atoms with Gasteiger partial charge in [0.05, 0.1) is 6.54 Å². The van der Waals surface area contributed by atoms with Crippen molar-refractivity contribution in [2.75, 3.05) is 26.2 Å². The Hall–Kier alpha value is -1.88. The van der Waals surface area contributed by atoms with Crippen LogP contribution >= 0.6 is 12.4 Å². The Balaban J connectivity index is 0.00000261. The maximum atomic E-state index is 13.0. The molecule has 2 aromatic carbocycles. The van der Waals surface area contributed by atoms with Gasteiger partial charge in [0, 0.05) is 32.2 Å². The van der Waals surface area contributed by atoms with Gasteiger partial charge in [-0.05, 0) is 30.4 Å². The van der Waals surface area contributed by atoms with Crippen LogP contribution in [0.4, 0.5) is 0 Å². The topological polar surface area (TPSA) is 49.6 Å². The maximum absolute atomic E-state index is 13.0. The molecule has 5 heteroatoms. The van der Waals surface area contributed by atoms with E-state index in [0.717, 1.165) is 32.4 Å². The predicted octanol–water partition coefficient (Wildman–Crippen LogP) is 3.10. The summed E-state index contributed by atoms with van der Waals surface area (Å²) in [7, 11) is 0. The fourth-order valence-corrected chi connectivity index (χ4v) is 3.25. The molecule has 146 valence electrons. The van der Waals surface area contributed by atoms with Gasteiger partial charge in [-0.1, -0.05) is 60.7 Å². The predicted molar refractivity (Wildman–Crippen MR) is 113 cm³/mol. The SMILES string of the molecule is Cl.NCCN(CCc1ccccc1)CC(=O)N(Cc1ccccc1)C1CC1. The third-order valence-corrected chi connectivity index (χ3v) is 4.87. The first-order chi connectivity index (χ1) is 12.8. The lowest BCUT2D eigenvalue weighted by Gasteiger charge is -2.27. The molecule has 1 aliphatic rings. The number of hydrogen-bond donors (Lipinski definition) is 1. The van der Waals surface area contributed by atoms with E-state index in [9.17, 15) is 4.79 Å². The second-order valence-corrected chi connectivity index (χ2v) is 7.04. The Morgan fingerprint density at radius 3 is 2.07 bits per heavy atom. The fraction of sp³-hybridized carbons (Fsp3) is 0.409. The number of nitrogens with zero attached hydrogens (tertiary/aromatic N) is 2. The summed E-state index contributed by atoms with van der Waals surface area (Å²) in [5.74, 6) is 0.220. The van der Waals surface area contributed by atoms with Crippen molar-refractivity contribution >= 4 is 18.3 Å². The number of nitrogens with two attached hydrogens (primary N) is 1. The molecule has 27 heavy (non-hydrogen) atoms. The molecule has 2 aromatic rings. The number of rotatable bonds is 10. The van der Waals surface area contributed by atoms with Crippen LogP contribution in [-0.4, -0.2) is 47.9 Å². The second kappa shape index (κ2) is 11.1. The van der Waals surface area contributed by atoms with Crippen molar-refractivity contribution in [3.8, 4) is 0 Å². The summed E-state index contributed by atoms with van der Waals surface area (Å²) in [4.78, 5) is 17.2. The summed E-state index contributed by atoms with van der Waals surface area (Å²) in [5.41, 5.74) is 8.27. The van der Waals surface area contributed by atoms with Crippen molar-refractivity contribution in [3.63, 3.8) is 0 Å². The highest BCUT2D eigenvalue weighted by atomic mass is 35.5. The number of halogens is 1. The average molecular weight is 388 g/mol. The zero-order chi connectivity index (χ0) is 18.2. The van der Waals surface area contributed by atoms with E-state index >= 15 is 0 Å². The molecule has 1 aliphatic carbocycles. The molecule has 1 saturated carbocycles. The van der Waals surface area contributed by atoms with Crippen molar-refractivity contribution in [2.45, 2.75) is 31.8 Å². The Bertz CT molecular complexity index is 676. The van der Waals surface area contributed by atoms with E-state index in [1.807, 2.05) is 24.3 Å². The highest BCUT2D eigenvalue weighted by Crippen LogP contribution is 2.28. The molecule has 0 bridgehead atoms. The van der Waals surface area contributed by atoms with Crippen molar-refractivity contribution in [2.24, 2.45) is 5.73 Å². The van der Waals surface area contributed by atoms with Crippen LogP contribution in [0.1, 0.15) is 24.0 Å². The van der Waals surface area contributed by atoms with Gasteiger partial charge in [-0.15, -0.1) is 12.4 Å². The van der Waals surface area contributed by atoms with Gasteiger partial charge in [0.15, 0.2) is 0 Å². The van der Waals surface area contributed by atoms with E-state index in [0.29, 0.717) is 25.7 Å². The van der Waals surface area contributed by atoms with Crippen LogP contribution in [0.15, 0.2) is 60.7 Å². The van der Waals surface area contributed by atoms with E-state index in [1.54, 1.807) is 0 Å². The normalized spacial score (nSPS) is 13.3. The van der Waals surface area contributed by atoms with Crippen LogP contribution in [0.2, 0.25) is 0 Å². The van der Waals surface area contributed by atoms with E-state index in [1.165, 1.54) is 11.1 Å². The van der Waals surface area contributed by atoms with Crippen molar-refractivity contribution in [1.29, 1.82) is 0 Å². The van der Waals surface area contributed by atoms with Gasteiger partial charge >= 0.3 is 0 Å². The van der Waals surface area contributed by atoms with Gasteiger partial charge in [0.2, 0.25) is 5.91 Å². The zero-order valence-electron chi connectivity index (χ0n) is 15.8. The summed E-state index contributed by atoms with van der Waals surface area (Å²) < 4.78 is 0. The fourth-order valence-electron chi connectivity index (χ4n) is 3.25. The summed E-state index contributed by atoms with van der Waals surface area (Å²) in [6.07, 6.45) is 3.19. The third kappa shape index (κ3) is 6.98. The van der Waals surface area contributed by atoms with Gasteiger partial charge in [-0.25, -0.2) is 0 Å². The van der Waals surface area contributed by atoms with E-state index in [-0.39, 0.29) is 18.3 Å². The lowest BCUT2D eigenvalue weighted by molar-refractivity contribution is -0.133. The highest BCUT2D eigenvalue weighted by Gasteiger charge is 2.32. The molecular weight excluding hydrogens is 358 g/mol. The summed E-state index contributed by atoms with van der Waals surface area (Å²) in [6.45, 7) is 3.34. The van der Waals surface area contributed by atoms with Crippen LogP contribution in [0.25, 0.3) is 0 Å². The Morgan fingerprint density at radius 1 is 0.926 bits per heavy atom. The van der Waals surface area contributed by atoms with Crippen molar-refractivity contribution in [1.82, 2.24) is 9.80 Å². The Morgan fingerprint density at radius 2 is 1.52 bits per heavy atom. The molecular formula is C22H30ClN3O.